The van der Waals surface area contributed by atoms with E-state index in [1.165, 1.54) is 18.3 Å². The van der Waals surface area contributed by atoms with Gasteiger partial charge in [-0.15, -0.1) is 0 Å². The van der Waals surface area contributed by atoms with Crippen molar-refractivity contribution < 1.29 is 0 Å². The normalized spacial score (nSPS) is 24.0. The van der Waals surface area contributed by atoms with Gasteiger partial charge >= 0.3 is 37.8 Å². The molecule has 30 valence electrons. The first-order chi connectivity index (χ1) is 2.50. The molecule has 0 bridgehead atoms. The molecule has 0 saturated carbocycles. The van der Waals surface area contributed by atoms with Crippen LogP contribution >= 0.6 is 0 Å². The molecule has 1 saturated heterocycles. The summed E-state index contributed by atoms with van der Waals surface area (Å²) in [4.78, 5) is 0. The minimum atomic E-state index is 0.819. The first kappa shape index (κ1) is 3.66. The van der Waals surface area contributed by atoms with Crippen molar-refractivity contribution in [2.45, 2.75) is 11.7 Å². The second kappa shape index (κ2) is 1.81. The Labute approximate surface area is 38.5 Å². The third-order valence-corrected chi connectivity index (χ3v) is 2.52. The molecule has 0 amide bonds. The van der Waals surface area contributed by atoms with Crippen LogP contribution in [-0.2, 0) is 0 Å². The van der Waals surface area contributed by atoms with Crippen molar-refractivity contribution in [1.82, 2.24) is 4.33 Å². The SMILES string of the molecule is C1CN[Se]C1. The van der Waals surface area contributed by atoms with Crippen LogP contribution in [0.4, 0.5) is 0 Å². The van der Waals surface area contributed by atoms with Gasteiger partial charge in [0.1, 0.15) is 0 Å². The van der Waals surface area contributed by atoms with Gasteiger partial charge < -0.3 is 0 Å². The average Bonchev–Trinajstić information content (AvgIpc) is 1.76. The summed E-state index contributed by atoms with van der Waals surface area (Å²) in [6.07, 6.45) is 1.42. The van der Waals surface area contributed by atoms with Crippen molar-refractivity contribution in [1.29, 1.82) is 0 Å². The van der Waals surface area contributed by atoms with Gasteiger partial charge in [0.05, 0.1) is 0 Å². The molecule has 2 heteroatoms. The fraction of sp³-hybridized carbons (Fsp3) is 1.00. The van der Waals surface area contributed by atoms with E-state index in [4.69, 9.17) is 0 Å². The molecule has 0 aromatic carbocycles. The van der Waals surface area contributed by atoms with Crippen LogP contribution in [-0.4, -0.2) is 21.7 Å². The molecular weight excluding hydrogens is 129 g/mol. The zero-order valence-corrected chi connectivity index (χ0v) is 4.74. The second-order valence-corrected chi connectivity index (χ2v) is 3.16. The fourth-order valence-corrected chi connectivity index (χ4v) is 1.87. The first-order valence-corrected chi connectivity index (χ1v) is 3.91. The molecule has 0 aromatic rings. The molecule has 0 unspecified atom stereocenters. The van der Waals surface area contributed by atoms with Crippen LogP contribution in [0.2, 0.25) is 5.32 Å². The molecule has 0 aliphatic carbocycles. The van der Waals surface area contributed by atoms with Crippen molar-refractivity contribution in [2.75, 3.05) is 6.54 Å². The van der Waals surface area contributed by atoms with Crippen LogP contribution in [0.3, 0.4) is 0 Å². The van der Waals surface area contributed by atoms with E-state index >= 15 is 0 Å². The van der Waals surface area contributed by atoms with Crippen molar-refractivity contribution >= 4 is 15.2 Å². The van der Waals surface area contributed by atoms with E-state index < -0.39 is 0 Å². The summed E-state index contributed by atoms with van der Waals surface area (Å²) >= 11 is 0.819. The topological polar surface area (TPSA) is 12.0 Å². The van der Waals surface area contributed by atoms with Crippen LogP contribution in [0, 0.1) is 0 Å². The van der Waals surface area contributed by atoms with Gasteiger partial charge in [0.15, 0.2) is 0 Å². The Morgan fingerprint density at radius 3 is 2.80 bits per heavy atom. The first-order valence-electron chi connectivity index (χ1n) is 1.85. The summed E-state index contributed by atoms with van der Waals surface area (Å²) in [5, 5.41) is 1.45. The van der Waals surface area contributed by atoms with Crippen LogP contribution in [0.25, 0.3) is 0 Å². The van der Waals surface area contributed by atoms with Crippen molar-refractivity contribution in [3.05, 3.63) is 0 Å². The quantitative estimate of drug-likeness (QED) is 0.463. The molecule has 1 rings (SSSR count). The Hall–Kier alpha value is 0.479. The number of rotatable bonds is 0. The second-order valence-electron chi connectivity index (χ2n) is 1.10. The Morgan fingerprint density at radius 1 is 1.60 bits per heavy atom. The third-order valence-electron chi connectivity index (χ3n) is 0.627. The Balaban J connectivity index is 2.08. The van der Waals surface area contributed by atoms with E-state index in [1.54, 1.807) is 0 Å². The monoisotopic (exact) mass is 137 g/mol. The average molecular weight is 136 g/mol. The Bertz CT molecular complexity index is 18.5. The molecule has 0 atom stereocenters. The molecule has 0 aromatic heterocycles. The van der Waals surface area contributed by atoms with Gasteiger partial charge in [-0.25, -0.2) is 0 Å². The van der Waals surface area contributed by atoms with Gasteiger partial charge in [-0.1, -0.05) is 0 Å². The molecule has 0 spiro atoms. The van der Waals surface area contributed by atoms with Gasteiger partial charge in [0, 0.05) is 0 Å². The summed E-state index contributed by atoms with van der Waals surface area (Å²) in [6.45, 7) is 1.28. The maximum absolute atomic E-state index is 3.28. The molecule has 5 heavy (non-hydrogen) atoms. The number of hydrogen-bond donors (Lipinski definition) is 1. The van der Waals surface area contributed by atoms with Gasteiger partial charge in [0.2, 0.25) is 0 Å². The van der Waals surface area contributed by atoms with E-state index in [0.29, 0.717) is 0 Å². The molecule has 1 heterocycles. The molecule has 1 N–H and O–H groups in total. The van der Waals surface area contributed by atoms with Gasteiger partial charge in [-0.05, 0) is 0 Å². The predicted molar refractivity (Wildman–Crippen MR) is 23.2 cm³/mol. The third kappa shape index (κ3) is 0.917. The van der Waals surface area contributed by atoms with E-state index in [2.05, 4.69) is 4.33 Å². The van der Waals surface area contributed by atoms with E-state index in [9.17, 15) is 0 Å². The summed E-state index contributed by atoms with van der Waals surface area (Å²) in [7, 11) is 0. The fourth-order valence-electron chi connectivity index (χ4n) is 0.361. The summed E-state index contributed by atoms with van der Waals surface area (Å²) in [6, 6.07) is 0. The van der Waals surface area contributed by atoms with Gasteiger partial charge in [-0.3, -0.25) is 0 Å². The standard InChI is InChI=1S/C3H7NSe/c1-2-4-5-3-1/h4H,1-3H2. The molecule has 1 fully saturated rings. The minimum absolute atomic E-state index is 0.819. The Kier molecular flexibility index (Phi) is 1.32. The molecular formula is C3H7NSe. The summed E-state index contributed by atoms with van der Waals surface area (Å²) < 4.78 is 3.28. The Morgan fingerprint density at radius 2 is 2.60 bits per heavy atom. The van der Waals surface area contributed by atoms with Crippen LogP contribution in [0.15, 0.2) is 0 Å². The number of nitrogens with one attached hydrogen (secondary N) is 1. The summed E-state index contributed by atoms with van der Waals surface area (Å²) in [5.74, 6) is 0. The molecule has 1 aliphatic rings. The predicted octanol–water partition coefficient (Wildman–Crippen LogP) is 0.0172. The molecule has 0 radical (unpaired) electrons. The van der Waals surface area contributed by atoms with E-state index in [0.717, 1.165) is 15.2 Å². The van der Waals surface area contributed by atoms with Crippen LogP contribution in [0.5, 0.6) is 0 Å². The number of hydrogen-bond acceptors (Lipinski definition) is 1. The van der Waals surface area contributed by atoms with Crippen LogP contribution in [0.1, 0.15) is 6.42 Å². The van der Waals surface area contributed by atoms with Gasteiger partial charge in [-0.2, -0.15) is 0 Å². The van der Waals surface area contributed by atoms with Gasteiger partial charge in [0.25, 0.3) is 0 Å². The molecule has 1 aliphatic heterocycles. The van der Waals surface area contributed by atoms with Crippen LogP contribution < -0.4 is 4.33 Å². The zero-order valence-electron chi connectivity index (χ0n) is 3.03. The maximum atomic E-state index is 3.28. The van der Waals surface area contributed by atoms with Crippen molar-refractivity contribution in [2.24, 2.45) is 0 Å². The van der Waals surface area contributed by atoms with E-state index in [-0.39, 0.29) is 0 Å². The zero-order chi connectivity index (χ0) is 3.54. The molecule has 1 nitrogen and oxygen atoms in total. The van der Waals surface area contributed by atoms with Crippen molar-refractivity contribution in [3.8, 4) is 0 Å². The van der Waals surface area contributed by atoms with E-state index in [1.807, 2.05) is 0 Å². The van der Waals surface area contributed by atoms with Crippen molar-refractivity contribution in [3.63, 3.8) is 0 Å². The summed E-state index contributed by atoms with van der Waals surface area (Å²) in [5.41, 5.74) is 0.